The Morgan fingerprint density at radius 1 is 0.723 bits per heavy atom. The van der Waals surface area contributed by atoms with Crippen LogP contribution in [-0.2, 0) is 16.1 Å². The molecule has 0 aliphatic rings. The van der Waals surface area contributed by atoms with Crippen LogP contribution in [0, 0.1) is 0 Å². The fourth-order valence-electron chi connectivity index (χ4n) is 5.66. The van der Waals surface area contributed by atoms with Crippen LogP contribution in [0.2, 0.25) is 0 Å². The highest BCUT2D eigenvalue weighted by Gasteiger charge is 2.15. The van der Waals surface area contributed by atoms with E-state index in [0.717, 1.165) is 38.6 Å². The maximum atomic E-state index is 12.8. The lowest BCUT2D eigenvalue weighted by Gasteiger charge is -2.22. The first-order chi connectivity index (χ1) is 22.9. The summed E-state index contributed by atoms with van der Waals surface area (Å²) < 4.78 is 5.50. The van der Waals surface area contributed by atoms with E-state index in [1.165, 1.54) is 83.5 Å². The number of unbranched alkanes of at least 4 members (excludes halogenated alkanes) is 15. The van der Waals surface area contributed by atoms with Crippen LogP contribution in [0.1, 0.15) is 132 Å². The second-order valence-corrected chi connectivity index (χ2v) is 12.9. The summed E-state index contributed by atoms with van der Waals surface area (Å²) in [4.78, 5) is 41.1. The van der Waals surface area contributed by atoms with E-state index in [1.807, 2.05) is 32.3 Å². The molecule has 47 heavy (non-hydrogen) atoms. The lowest BCUT2D eigenvalue weighted by Crippen LogP contribution is -2.28. The maximum absolute atomic E-state index is 12.8. The number of nitrogens with zero attached hydrogens (tertiary/aromatic N) is 2. The smallest absolute Gasteiger partial charge is 0.407 e. The molecule has 8 heteroatoms. The number of ether oxygens (including phenoxy) is 1. The molecule has 8 nitrogen and oxygen atoms in total. The van der Waals surface area contributed by atoms with Crippen molar-refractivity contribution in [1.29, 1.82) is 0 Å². The van der Waals surface area contributed by atoms with Crippen LogP contribution in [0.3, 0.4) is 0 Å². The molecule has 0 fully saturated rings. The zero-order valence-electron chi connectivity index (χ0n) is 29.6. The van der Waals surface area contributed by atoms with Crippen LogP contribution < -0.4 is 15.5 Å². The second-order valence-electron chi connectivity index (χ2n) is 12.9. The number of anilines is 2. The van der Waals surface area contributed by atoms with E-state index in [9.17, 15) is 14.4 Å². The van der Waals surface area contributed by atoms with Crippen molar-refractivity contribution in [2.75, 3.05) is 43.9 Å². The predicted molar refractivity (Wildman–Crippen MR) is 195 cm³/mol. The van der Waals surface area contributed by atoms with E-state index in [0.29, 0.717) is 35.6 Å². The number of rotatable bonds is 27. The standard InChI is InChI=1S/C39H62N4O4/c1-4-5-6-7-8-9-10-11-12-13-14-15-16-17-18-22-30-43(33-44)37-31-36(41-38(45)34-24-20-19-21-25-34)27-26-35(37)32-47-39(46)40-28-23-29-42(2)3/h19-21,24-27,31,33H,4-18,22-23,28-30,32H2,1-3H3,(H,40,46)(H,41,45). The van der Waals surface area contributed by atoms with E-state index >= 15 is 0 Å². The molecule has 0 aromatic heterocycles. The van der Waals surface area contributed by atoms with Crippen molar-refractivity contribution >= 4 is 29.8 Å². The van der Waals surface area contributed by atoms with Crippen LogP contribution in [0.15, 0.2) is 48.5 Å². The SMILES string of the molecule is CCCCCCCCCCCCCCCCCCN(C=O)c1cc(NC(=O)c2ccccc2)ccc1COC(=O)NCCCN(C)C. The molecule has 0 unspecified atom stereocenters. The lowest BCUT2D eigenvalue weighted by molar-refractivity contribution is -0.107. The van der Waals surface area contributed by atoms with Crippen molar-refractivity contribution in [3.63, 3.8) is 0 Å². The van der Waals surface area contributed by atoms with E-state index < -0.39 is 6.09 Å². The fraction of sp³-hybridized carbons (Fsp3) is 0.615. The van der Waals surface area contributed by atoms with Gasteiger partial charge in [-0.2, -0.15) is 0 Å². The zero-order chi connectivity index (χ0) is 34.0. The van der Waals surface area contributed by atoms with Gasteiger partial charge >= 0.3 is 6.09 Å². The first-order valence-corrected chi connectivity index (χ1v) is 18.2. The van der Waals surface area contributed by atoms with Crippen molar-refractivity contribution in [3.8, 4) is 0 Å². The Hall–Kier alpha value is -3.39. The van der Waals surface area contributed by atoms with Gasteiger partial charge in [-0.05, 0) is 57.7 Å². The quantitative estimate of drug-likeness (QED) is 0.0743. The number of hydrogen-bond donors (Lipinski definition) is 2. The highest BCUT2D eigenvalue weighted by molar-refractivity contribution is 6.04. The molecular formula is C39H62N4O4. The minimum Gasteiger partial charge on any atom is -0.445 e. The minimum atomic E-state index is -0.494. The number of alkyl carbamates (subject to hydrolysis) is 1. The molecule has 2 N–H and O–H groups in total. The van der Waals surface area contributed by atoms with Crippen molar-refractivity contribution in [1.82, 2.24) is 10.2 Å². The van der Waals surface area contributed by atoms with Crippen molar-refractivity contribution in [2.24, 2.45) is 0 Å². The molecule has 2 rings (SSSR count). The Morgan fingerprint density at radius 2 is 1.30 bits per heavy atom. The van der Waals surface area contributed by atoms with Gasteiger partial charge in [0, 0.05) is 29.9 Å². The van der Waals surface area contributed by atoms with Crippen molar-refractivity contribution in [3.05, 3.63) is 59.7 Å². The summed E-state index contributed by atoms with van der Waals surface area (Å²) in [5, 5.41) is 5.72. The summed E-state index contributed by atoms with van der Waals surface area (Å²) >= 11 is 0. The van der Waals surface area contributed by atoms with Crippen LogP contribution in [0.25, 0.3) is 0 Å². The number of nitrogens with one attached hydrogen (secondary N) is 2. The summed E-state index contributed by atoms with van der Waals surface area (Å²) in [6.07, 6.45) is 21.8. The molecule has 0 radical (unpaired) electrons. The molecule has 2 aromatic rings. The monoisotopic (exact) mass is 650 g/mol. The van der Waals surface area contributed by atoms with Crippen LogP contribution >= 0.6 is 0 Å². The fourth-order valence-corrected chi connectivity index (χ4v) is 5.66. The number of carbonyl (C=O) groups excluding carboxylic acids is 3. The summed E-state index contributed by atoms with van der Waals surface area (Å²) in [6.45, 7) is 4.24. The van der Waals surface area contributed by atoms with Crippen LogP contribution in [0.4, 0.5) is 16.2 Å². The van der Waals surface area contributed by atoms with Gasteiger partial charge in [-0.1, -0.05) is 128 Å². The molecule has 0 saturated heterocycles. The first kappa shape index (κ1) is 39.8. The van der Waals surface area contributed by atoms with Gasteiger partial charge in [-0.3, -0.25) is 9.59 Å². The normalized spacial score (nSPS) is 11.0. The average Bonchev–Trinajstić information content (AvgIpc) is 3.08. The van der Waals surface area contributed by atoms with Crippen LogP contribution in [0.5, 0.6) is 0 Å². The molecule has 0 aliphatic heterocycles. The molecule has 0 saturated carbocycles. The molecule has 0 spiro atoms. The third-order valence-corrected chi connectivity index (χ3v) is 8.48. The van der Waals surface area contributed by atoms with Crippen molar-refractivity contribution in [2.45, 2.75) is 123 Å². The molecular weight excluding hydrogens is 588 g/mol. The van der Waals surface area contributed by atoms with Gasteiger partial charge in [0.05, 0.1) is 5.69 Å². The van der Waals surface area contributed by atoms with Gasteiger partial charge in [-0.15, -0.1) is 0 Å². The third kappa shape index (κ3) is 18.5. The number of hydrogen-bond acceptors (Lipinski definition) is 5. The summed E-state index contributed by atoms with van der Waals surface area (Å²) in [7, 11) is 3.98. The maximum Gasteiger partial charge on any atom is 0.407 e. The molecule has 0 atom stereocenters. The lowest BCUT2D eigenvalue weighted by atomic mass is 10.0. The first-order valence-electron chi connectivity index (χ1n) is 18.2. The molecule has 2 aromatic carbocycles. The highest BCUT2D eigenvalue weighted by atomic mass is 16.5. The highest BCUT2D eigenvalue weighted by Crippen LogP contribution is 2.26. The van der Waals surface area contributed by atoms with Gasteiger partial charge in [0.25, 0.3) is 5.91 Å². The number of carbonyl (C=O) groups is 3. The molecule has 0 bridgehead atoms. The largest absolute Gasteiger partial charge is 0.445 e. The van der Waals surface area contributed by atoms with E-state index in [2.05, 4.69) is 22.5 Å². The van der Waals surface area contributed by atoms with E-state index in [-0.39, 0.29) is 12.5 Å². The van der Waals surface area contributed by atoms with Gasteiger partial charge in [0.1, 0.15) is 6.61 Å². The van der Waals surface area contributed by atoms with Gasteiger partial charge in [0.2, 0.25) is 6.41 Å². The van der Waals surface area contributed by atoms with Gasteiger partial charge in [0.15, 0.2) is 0 Å². The van der Waals surface area contributed by atoms with Crippen molar-refractivity contribution < 1.29 is 19.1 Å². The van der Waals surface area contributed by atoms with Crippen LogP contribution in [-0.4, -0.2) is 57.0 Å². The Balaban J connectivity index is 1.81. The number of amides is 3. The third-order valence-electron chi connectivity index (χ3n) is 8.48. The average molecular weight is 651 g/mol. The van der Waals surface area contributed by atoms with E-state index in [4.69, 9.17) is 4.74 Å². The summed E-state index contributed by atoms with van der Waals surface area (Å²) in [5.74, 6) is -0.229. The van der Waals surface area contributed by atoms with Gasteiger partial charge < -0.3 is 25.2 Å². The molecule has 0 heterocycles. The summed E-state index contributed by atoms with van der Waals surface area (Å²) in [5.41, 5.74) is 2.46. The Morgan fingerprint density at radius 3 is 1.85 bits per heavy atom. The predicted octanol–water partition coefficient (Wildman–Crippen LogP) is 9.34. The van der Waals surface area contributed by atoms with Gasteiger partial charge in [-0.25, -0.2) is 4.79 Å². The Labute approximate surface area is 285 Å². The topological polar surface area (TPSA) is 91.0 Å². The minimum absolute atomic E-state index is 0.0189. The number of benzene rings is 2. The summed E-state index contributed by atoms with van der Waals surface area (Å²) in [6, 6.07) is 14.4. The van der Waals surface area contributed by atoms with E-state index in [1.54, 1.807) is 35.2 Å². The molecule has 262 valence electrons. The molecule has 3 amide bonds. The Bertz CT molecular complexity index is 1130. The second kappa shape index (κ2) is 25.7. The Kier molecular flexibility index (Phi) is 21.7. The molecule has 0 aliphatic carbocycles. The zero-order valence-corrected chi connectivity index (χ0v) is 29.6.